The normalized spacial score (nSPS) is 15.2. The minimum absolute atomic E-state index is 0.0149. The van der Waals surface area contributed by atoms with Crippen molar-refractivity contribution in [1.82, 2.24) is 14.1 Å². The van der Waals surface area contributed by atoms with Crippen LogP contribution in [-0.4, -0.2) is 79.4 Å². The number of sulfonamides is 1. The Morgan fingerprint density at radius 3 is 2.33 bits per heavy atom. The van der Waals surface area contributed by atoms with Crippen LogP contribution in [0.5, 0.6) is 0 Å². The summed E-state index contributed by atoms with van der Waals surface area (Å²) in [5.74, 6) is 0.0158. The van der Waals surface area contributed by atoms with Gasteiger partial charge in [0.15, 0.2) is 0 Å². The Bertz CT molecular complexity index is 1510. The number of hydrogen-bond donors (Lipinski definition) is 2. The molecule has 9 nitrogen and oxygen atoms in total. The van der Waals surface area contributed by atoms with E-state index in [2.05, 4.69) is 4.90 Å². The van der Waals surface area contributed by atoms with Gasteiger partial charge in [-0.05, 0) is 111 Å². The van der Waals surface area contributed by atoms with Gasteiger partial charge < -0.3 is 20.6 Å². The number of halogens is 1. The lowest BCUT2D eigenvalue weighted by atomic mass is 9.91. The van der Waals surface area contributed by atoms with Gasteiger partial charge in [0.05, 0.1) is 4.90 Å². The fourth-order valence-electron chi connectivity index (χ4n) is 5.95. The van der Waals surface area contributed by atoms with Crippen LogP contribution in [0.2, 0.25) is 5.02 Å². The number of piperidine rings is 1. The summed E-state index contributed by atoms with van der Waals surface area (Å²) < 4.78 is 27.9. The average Bonchev–Trinajstić information content (AvgIpc) is 3.03. The van der Waals surface area contributed by atoms with Gasteiger partial charge in [-0.2, -0.15) is 0 Å². The zero-order chi connectivity index (χ0) is 32.4. The average molecular weight is 655 g/mol. The molecule has 0 radical (unpaired) electrons. The van der Waals surface area contributed by atoms with Gasteiger partial charge in [0, 0.05) is 37.3 Å². The molecule has 242 valence electrons. The molecule has 0 spiro atoms. The van der Waals surface area contributed by atoms with E-state index >= 15 is 0 Å². The molecule has 2 amide bonds. The number of hydrogen-bond acceptors (Lipinski definition) is 5. The third-order valence-corrected chi connectivity index (χ3v) is 10.7. The largest absolute Gasteiger partial charge is 0.465 e. The number of benzene rings is 3. The molecule has 1 aliphatic heterocycles. The van der Waals surface area contributed by atoms with Crippen LogP contribution >= 0.6 is 11.6 Å². The highest BCUT2D eigenvalue weighted by molar-refractivity contribution is 7.89. The smallest absolute Gasteiger partial charge is 0.407 e. The molecule has 3 aromatic carbocycles. The molecule has 4 rings (SSSR count). The van der Waals surface area contributed by atoms with Gasteiger partial charge in [-0.15, -0.1) is 0 Å². The number of carbonyl (C=O) groups is 2. The molecule has 1 aliphatic rings. The molecule has 0 unspecified atom stereocenters. The summed E-state index contributed by atoms with van der Waals surface area (Å²) in [6, 6.07) is 22.9. The first kappa shape index (κ1) is 34.4. The molecular weight excluding hydrogens is 612 g/mol. The SMILES string of the molecule is CN(C[C@@H](CCN1CCC(CCCN(Cc2ccc(C(N)=O)cc2)C(=O)O)CC1)c1cccc(Cl)c1)S(=O)(=O)c1ccccc1. The fraction of sp³-hybridized carbons (Fsp3) is 0.412. The van der Waals surface area contributed by atoms with Crippen molar-refractivity contribution in [2.75, 3.05) is 39.8 Å². The summed E-state index contributed by atoms with van der Waals surface area (Å²) >= 11 is 6.32. The quantitative estimate of drug-likeness (QED) is 0.210. The van der Waals surface area contributed by atoms with Gasteiger partial charge in [0.1, 0.15) is 0 Å². The Labute approximate surface area is 271 Å². The highest BCUT2D eigenvalue weighted by Gasteiger charge is 2.26. The monoisotopic (exact) mass is 654 g/mol. The van der Waals surface area contributed by atoms with Crippen molar-refractivity contribution in [2.24, 2.45) is 11.7 Å². The zero-order valence-electron chi connectivity index (χ0n) is 25.7. The summed E-state index contributed by atoms with van der Waals surface area (Å²) in [6.45, 7) is 3.84. The number of nitrogens with two attached hydrogens (primary N) is 1. The predicted octanol–water partition coefficient (Wildman–Crippen LogP) is 5.91. The number of primary amides is 1. The summed E-state index contributed by atoms with van der Waals surface area (Å²) in [5, 5.41) is 10.3. The number of rotatable bonds is 15. The first-order chi connectivity index (χ1) is 21.5. The minimum atomic E-state index is -3.62. The zero-order valence-corrected chi connectivity index (χ0v) is 27.3. The Balaban J connectivity index is 1.26. The van der Waals surface area contributed by atoms with E-state index in [-0.39, 0.29) is 17.4 Å². The highest BCUT2D eigenvalue weighted by Crippen LogP contribution is 2.28. The topological polar surface area (TPSA) is 124 Å². The van der Waals surface area contributed by atoms with Crippen molar-refractivity contribution in [2.45, 2.75) is 49.5 Å². The summed E-state index contributed by atoms with van der Waals surface area (Å²) in [4.78, 5) is 27.3. The Kier molecular flexibility index (Phi) is 12.4. The highest BCUT2D eigenvalue weighted by atomic mass is 35.5. The van der Waals surface area contributed by atoms with Crippen molar-refractivity contribution in [3.63, 3.8) is 0 Å². The van der Waals surface area contributed by atoms with Gasteiger partial charge in [0.2, 0.25) is 15.9 Å². The van der Waals surface area contributed by atoms with E-state index in [0.717, 1.165) is 62.9 Å². The van der Waals surface area contributed by atoms with Crippen LogP contribution in [0.25, 0.3) is 0 Å². The van der Waals surface area contributed by atoms with E-state index in [4.69, 9.17) is 17.3 Å². The molecule has 1 saturated heterocycles. The third kappa shape index (κ3) is 10.0. The van der Waals surface area contributed by atoms with E-state index in [0.29, 0.717) is 29.6 Å². The van der Waals surface area contributed by atoms with Crippen molar-refractivity contribution >= 4 is 33.6 Å². The van der Waals surface area contributed by atoms with Crippen LogP contribution in [0, 0.1) is 5.92 Å². The number of likely N-dealkylation sites (N-methyl/N-ethyl adjacent to an activating group) is 1. The molecule has 0 aliphatic carbocycles. The minimum Gasteiger partial charge on any atom is -0.465 e. The predicted molar refractivity (Wildman–Crippen MR) is 177 cm³/mol. The molecule has 1 heterocycles. The number of amides is 2. The molecule has 0 bridgehead atoms. The van der Waals surface area contributed by atoms with E-state index in [1.54, 1.807) is 61.6 Å². The molecule has 11 heteroatoms. The van der Waals surface area contributed by atoms with Gasteiger partial charge >= 0.3 is 6.09 Å². The van der Waals surface area contributed by atoms with Crippen LogP contribution in [0.4, 0.5) is 4.79 Å². The second kappa shape index (κ2) is 16.2. The van der Waals surface area contributed by atoms with Crippen LogP contribution in [-0.2, 0) is 16.6 Å². The first-order valence-corrected chi connectivity index (χ1v) is 17.2. The maximum atomic E-state index is 13.2. The summed E-state index contributed by atoms with van der Waals surface area (Å²) in [6.07, 6.45) is 3.69. The second-order valence-corrected chi connectivity index (χ2v) is 14.3. The molecule has 0 aromatic heterocycles. The van der Waals surface area contributed by atoms with E-state index in [9.17, 15) is 23.1 Å². The van der Waals surface area contributed by atoms with Gasteiger partial charge in [-0.25, -0.2) is 17.5 Å². The van der Waals surface area contributed by atoms with Crippen LogP contribution in [0.1, 0.15) is 59.5 Å². The van der Waals surface area contributed by atoms with Crippen LogP contribution < -0.4 is 5.73 Å². The van der Waals surface area contributed by atoms with Crippen molar-refractivity contribution in [1.29, 1.82) is 0 Å². The molecule has 3 N–H and O–H groups in total. The molecule has 0 saturated carbocycles. The fourth-order valence-corrected chi connectivity index (χ4v) is 7.39. The molecule has 45 heavy (non-hydrogen) atoms. The van der Waals surface area contributed by atoms with E-state index in [1.165, 1.54) is 9.21 Å². The van der Waals surface area contributed by atoms with Gasteiger partial charge in [-0.1, -0.05) is 54.1 Å². The van der Waals surface area contributed by atoms with Crippen molar-refractivity contribution in [3.8, 4) is 0 Å². The Morgan fingerprint density at radius 2 is 1.71 bits per heavy atom. The molecule has 1 atom stereocenters. The molecule has 3 aromatic rings. The number of likely N-dealkylation sites (tertiary alicyclic amines) is 1. The standard InChI is InChI=1S/C34H43ClN4O5S/c1-37(45(43,44)32-10-3-2-4-11-32)25-30(29-8-5-9-31(35)23-29)18-22-38-20-16-26(17-21-38)7-6-19-39(34(41)42)24-27-12-14-28(15-13-27)33(36)40/h2-5,8-15,23,26,30H,6-7,16-22,24-25H2,1H3,(H2,36,40)(H,41,42)/t30-/m1/s1. The Morgan fingerprint density at radius 1 is 1.02 bits per heavy atom. The second-order valence-electron chi connectivity index (χ2n) is 11.8. The summed E-state index contributed by atoms with van der Waals surface area (Å²) in [7, 11) is -1.98. The third-order valence-electron chi connectivity index (χ3n) is 8.67. The van der Waals surface area contributed by atoms with Crippen LogP contribution in [0.15, 0.2) is 83.8 Å². The number of carboxylic acid groups (broad SMARTS) is 1. The van der Waals surface area contributed by atoms with Gasteiger partial charge in [-0.3, -0.25) is 4.79 Å². The van der Waals surface area contributed by atoms with E-state index < -0.39 is 22.0 Å². The maximum Gasteiger partial charge on any atom is 0.407 e. The lowest BCUT2D eigenvalue weighted by Crippen LogP contribution is -2.37. The Hall–Kier alpha value is -3.44. The maximum absolute atomic E-state index is 13.2. The lowest BCUT2D eigenvalue weighted by Gasteiger charge is -2.33. The number of nitrogens with zero attached hydrogens (tertiary/aromatic N) is 3. The van der Waals surface area contributed by atoms with Gasteiger partial charge in [0.25, 0.3) is 0 Å². The van der Waals surface area contributed by atoms with E-state index in [1.807, 2.05) is 24.3 Å². The summed E-state index contributed by atoms with van der Waals surface area (Å²) in [5.41, 5.74) is 7.54. The molecular formula is C34H43ClN4O5S. The lowest BCUT2D eigenvalue weighted by molar-refractivity contribution is 0.1000. The number of carbonyl (C=O) groups excluding carboxylic acids is 1. The molecule has 1 fully saturated rings. The van der Waals surface area contributed by atoms with Crippen molar-refractivity contribution < 1.29 is 23.1 Å². The van der Waals surface area contributed by atoms with Crippen LogP contribution in [0.3, 0.4) is 0 Å². The first-order valence-electron chi connectivity index (χ1n) is 15.4. The van der Waals surface area contributed by atoms with Crippen molar-refractivity contribution in [3.05, 3.63) is 101 Å².